The van der Waals surface area contributed by atoms with Crippen LogP contribution < -0.4 is 15.4 Å². The number of ether oxygens (including phenoxy) is 1. The average molecular weight is 466 g/mol. The van der Waals surface area contributed by atoms with Crippen molar-refractivity contribution >= 4 is 29.9 Å². The Balaban J connectivity index is 0.00000243. The molecule has 140 valence electrons. The van der Waals surface area contributed by atoms with Gasteiger partial charge < -0.3 is 15.4 Å². The van der Waals surface area contributed by atoms with E-state index in [1.807, 2.05) is 30.3 Å². The van der Waals surface area contributed by atoms with Crippen molar-refractivity contribution in [3.8, 4) is 5.75 Å². The number of aromatic nitrogens is 1. The second-order valence-electron chi connectivity index (χ2n) is 6.27. The molecule has 5 nitrogen and oxygen atoms in total. The zero-order chi connectivity index (χ0) is 17.3. The van der Waals surface area contributed by atoms with Crippen LogP contribution in [0.5, 0.6) is 5.75 Å². The molecule has 1 heterocycles. The number of halogens is 1. The third-order valence-electron chi connectivity index (χ3n) is 4.06. The molecule has 1 aliphatic rings. The summed E-state index contributed by atoms with van der Waals surface area (Å²) in [7, 11) is 0. The molecule has 0 radical (unpaired) electrons. The average Bonchev–Trinajstić information content (AvgIpc) is 3.48. The van der Waals surface area contributed by atoms with Crippen LogP contribution in [0.3, 0.4) is 0 Å². The van der Waals surface area contributed by atoms with Crippen LogP contribution >= 0.6 is 24.0 Å². The molecule has 0 amide bonds. The van der Waals surface area contributed by atoms with Crippen LogP contribution in [0.15, 0.2) is 53.7 Å². The largest absolute Gasteiger partial charge is 0.487 e. The number of benzene rings is 1. The Morgan fingerprint density at radius 3 is 2.62 bits per heavy atom. The van der Waals surface area contributed by atoms with Gasteiger partial charge in [-0.3, -0.25) is 4.98 Å². The highest BCUT2D eigenvalue weighted by Crippen LogP contribution is 2.27. The number of rotatable bonds is 8. The molecule has 2 aromatic rings. The zero-order valence-corrected chi connectivity index (χ0v) is 17.5. The maximum Gasteiger partial charge on any atom is 0.191 e. The number of nitrogens with one attached hydrogen (secondary N) is 2. The number of nitrogens with zero attached hydrogens (tertiary/aromatic N) is 2. The molecule has 0 unspecified atom stereocenters. The molecule has 0 saturated heterocycles. The van der Waals surface area contributed by atoms with Gasteiger partial charge in [0.25, 0.3) is 0 Å². The third-order valence-corrected chi connectivity index (χ3v) is 4.06. The first-order valence-corrected chi connectivity index (χ1v) is 8.97. The Bertz CT molecular complexity index is 672. The van der Waals surface area contributed by atoms with Crippen LogP contribution in [0.2, 0.25) is 0 Å². The van der Waals surface area contributed by atoms with E-state index in [-0.39, 0.29) is 24.0 Å². The summed E-state index contributed by atoms with van der Waals surface area (Å²) < 4.78 is 5.76. The summed E-state index contributed by atoms with van der Waals surface area (Å²) in [6.45, 7) is 5.11. The monoisotopic (exact) mass is 466 g/mol. The predicted octanol–water partition coefficient (Wildman–Crippen LogP) is 3.74. The van der Waals surface area contributed by atoms with Gasteiger partial charge in [-0.15, -0.1) is 24.0 Å². The molecule has 2 N–H and O–H groups in total. The van der Waals surface area contributed by atoms with Crippen molar-refractivity contribution in [1.29, 1.82) is 0 Å². The molecule has 0 bridgehead atoms. The molecular weight excluding hydrogens is 439 g/mol. The van der Waals surface area contributed by atoms with Gasteiger partial charge in [0.15, 0.2) is 5.96 Å². The standard InChI is InChI=1S/C20H26N4O.HI/c1-2-21-20(23-13-16-6-7-16)24-14-17-8-10-19(11-9-17)25-15-18-5-3-4-12-22-18;/h3-5,8-12,16H,2,6-7,13-15H2,1H3,(H2,21,23,24);1H. The van der Waals surface area contributed by atoms with E-state index in [0.717, 1.165) is 42.0 Å². The third kappa shape index (κ3) is 7.19. The van der Waals surface area contributed by atoms with Crippen LogP contribution in [0.1, 0.15) is 31.0 Å². The molecule has 0 atom stereocenters. The lowest BCUT2D eigenvalue weighted by atomic mass is 10.2. The van der Waals surface area contributed by atoms with E-state index in [1.165, 1.54) is 12.8 Å². The van der Waals surface area contributed by atoms with Crippen molar-refractivity contribution in [3.63, 3.8) is 0 Å². The van der Waals surface area contributed by atoms with Crippen molar-refractivity contribution in [2.75, 3.05) is 13.1 Å². The van der Waals surface area contributed by atoms with E-state index in [9.17, 15) is 0 Å². The Morgan fingerprint density at radius 1 is 1.15 bits per heavy atom. The fraction of sp³-hybridized carbons (Fsp3) is 0.400. The maximum absolute atomic E-state index is 5.76. The first-order chi connectivity index (χ1) is 12.3. The topological polar surface area (TPSA) is 58.5 Å². The summed E-state index contributed by atoms with van der Waals surface area (Å²) in [6.07, 6.45) is 4.46. The van der Waals surface area contributed by atoms with Crippen LogP contribution in [-0.4, -0.2) is 24.0 Å². The number of hydrogen-bond acceptors (Lipinski definition) is 3. The molecule has 6 heteroatoms. The van der Waals surface area contributed by atoms with Crippen LogP contribution in [-0.2, 0) is 13.2 Å². The van der Waals surface area contributed by atoms with Gasteiger partial charge in [-0.1, -0.05) is 18.2 Å². The van der Waals surface area contributed by atoms with Gasteiger partial charge in [-0.25, -0.2) is 4.99 Å². The summed E-state index contributed by atoms with van der Waals surface area (Å²) in [5, 5.41) is 6.70. The molecule has 1 aliphatic carbocycles. The quantitative estimate of drug-likeness (QED) is 0.354. The van der Waals surface area contributed by atoms with Crippen LogP contribution in [0, 0.1) is 5.92 Å². The number of guanidine groups is 1. The number of aliphatic imine (C=N–C) groups is 1. The van der Waals surface area contributed by atoms with E-state index in [4.69, 9.17) is 4.74 Å². The van der Waals surface area contributed by atoms with Gasteiger partial charge in [0, 0.05) is 19.3 Å². The van der Waals surface area contributed by atoms with E-state index >= 15 is 0 Å². The first kappa shape index (κ1) is 20.5. The van der Waals surface area contributed by atoms with Crippen LogP contribution in [0.25, 0.3) is 0 Å². The summed E-state index contributed by atoms with van der Waals surface area (Å²) in [5.41, 5.74) is 2.09. The fourth-order valence-corrected chi connectivity index (χ4v) is 2.41. The van der Waals surface area contributed by atoms with Crippen molar-refractivity contribution in [2.45, 2.75) is 32.9 Å². The minimum Gasteiger partial charge on any atom is -0.487 e. The zero-order valence-electron chi connectivity index (χ0n) is 15.1. The van der Waals surface area contributed by atoms with Gasteiger partial charge >= 0.3 is 0 Å². The summed E-state index contributed by atoms with van der Waals surface area (Å²) in [6, 6.07) is 13.9. The van der Waals surface area contributed by atoms with Gasteiger partial charge in [0.05, 0.1) is 12.2 Å². The smallest absolute Gasteiger partial charge is 0.191 e. The van der Waals surface area contributed by atoms with Gasteiger partial charge in [-0.2, -0.15) is 0 Å². The van der Waals surface area contributed by atoms with E-state index in [2.05, 4.69) is 39.7 Å². The number of hydrogen-bond donors (Lipinski definition) is 2. The minimum absolute atomic E-state index is 0. The fourth-order valence-electron chi connectivity index (χ4n) is 2.41. The highest BCUT2D eigenvalue weighted by molar-refractivity contribution is 14.0. The lowest BCUT2D eigenvalue weighted by molar-refractivity contribution is 0.301. The molecule has 0 spiro atoms. The molecule has 1 aromatic heterocycles. The minimum atomic E-state index is 0. The summed E-state index contributed by atoms with van der Waals surface area (Å²) in [5.74, 6) is 2.57. The molecule has 0 aliphatic heterocycles. The SMILES string of the molecule is CCNC(=NCc1ccc(OCc2ccccn2)cc1)NCC1CC1.I. The molecule has 1 fully saturated rings. The number of pyridine rings is 1. The Labute approximate surface area is 172 Å². The van der Waals surface area contributed by atoms with E-state index in [0.29, 0.717) is 13.2 Å². The van der Waals surface area contributed by atoms with Crippen LogP contribution in [0.4, 0.5) is 0 Å². The van der Waals surface area contributed by atoms with Gasteiger partial charge in [0.1, 0.15) is 12.4 Å². The van der Waals surface area contributed by atoms with Crippen molar-refractivity contribution in [2.24, 2.45) is 10.9 Å². The molecular formula is C20H27IN4O. The Morgan fingerprint density at radius 2 is 1.96 bits per heavy atom. The highest BCUT2D eigenvalue weighted by Gasteiger charge is 2.20. The second-order valence-corrected chi connectivity index (χ2v) is 6.27. The first-order valence-electron chi connectivity index (χ1n) is 8.97. The van der Waals surface area contributed by atoms with Crippen molar-refractivity contribution < 1.29 is 4.74 Å². The van der Waals surface area contributed by atoms with Gasteiger partial charge in [0.2, 0.25) is 0 Å². The lowest BCUT2D eigenvalue weighted by Gasteiger charge is -2.11. The molecule has 3 rings (SSSR count). The van der Waals surface area contributed by atoms with Crippen molar-refractivity contribution in [3.05, 3.63) is 59.9 Å². The summed E-state index contributed by atoms with van der Waals surface area (Å²) in [4.78, 5) is 8.91. The predicted molar refractivity (Wildman–Crippen MR) is 116 cm³/mol. The van der Waals surface area contributed by atoms with E-state index in [1.54, 1.807) is 6.20 Å². The van der Waals surface area contributed by atoms with Crippen molar-refractivity contribution in [1.82, 2.24) is 15.6 Å². The molecule has 1 aromatic carbocycles. The van der Waals surface area contributed by atoms with E-state index < -0.39 is 0 Å². The second kappa shape index (κ2) is 11.0. The molecule has 26 heavy (non-hydrogen) atoms. The molecule has 1 saturated carbocycles. The Kier molecular flexibility index (Phi) is 8.67. The Hall–Kier alpha value is -1.83. The summed E-state index contributed by atoms with van der Waals surface area (Å²) >= 11 is 0. The lowest BCUT2D eigenvalue weighted by Crippen LogP contribution is -2.38. The highest BCUT2D eigenvalue weighted by atomic mass is 127. The van der Waals surface area contributed by atoms with Gasteiger partial charge in [-0.05, 0) is 55.5 Å². The maximum atomic E-state index is 5.76. The normalized spacial score (nSPS) is 13.7.